The standard InChI is InChI=1S/C18H26N4O2/c1-13-7-8-14(2)22(13)17-15(11-20-21(17)3)16(23)19-12-18(24)9-5-4-6-10-18/h7-8,11,24H,4-6,9-10,12H2,1-3H3,(H,19,23). The molecule has 24 heavy (non-hydrogen) atoms. The van der Waals surface area contributed by atoms with Crippen molar-refractivity contribution in [2.75, 3.05) is 6.54 Å². The number of carbonyl (C=O) groups is 1. The van der Waals surface area contributed by atoms with Gasteiger partial charge in [0.15, 0.2) is 0 Å². The number of carbonyl (C=O) groups excluding carboxylic acids is 1. The molecule has 6 heteroatoms. The van der Waals surface area contributed by atoms with Crippen LogP contribution in [0.2, 0.25) is 0 Å². The molecule has 0 atom stereocenters. The molecular weight excluding hydrogens is 304 g/mol. The van der Waals surface area contributed by atoms with Crippen LogP contribution in [0.15, 0.2) is 18.3 Å². The van der Waals surface area contributed by atoms with Gasteiger partial charge in [-0.15, -0.1) is 0 Å². The molecule has 3 rings (SSSR count). The minimum Gasteiger partial charge on any atom is -0.388 e. The van der Waals surface area contributed by atoms with Crippen LogP contribution in [-0.4, -0.2) is 37.5 Å². The highest BCUT2D eigenvalue weighted by atomic mass is 16.3. The fourth-order valence-electron chi connectivity index (χ4n) is 3.59. The first-order valence-corrected chi connectivity index (χ1v) is 8.59. The Morgan fingerprint density at radius 2 is 1.88 bits per heavy atom. The number of nitrogens with zero attached hydrogens (tertiary/aromatic N) is 3. The van der Waals surface area contributed by atoms with Crippen LogP contribution in [0.25, 0.3) is 5.82 Å². The van der Waals surface area contributed by atoms with Gasteiger partial charge in [0.2, 0.25) is 0 Å². The lowest BCUT2D eigenvalue weighted by atomic mass is 9.85. The van der Waals surface area contributed by atoms with Crippen LogP contribution in [0.3, 0.4) is 0 Å². The van der Waals surface area contributed by atoms with Crippen molar-refractivity contribution in [3.8, 4) is 5.82 Å². The lowest BCUT2D eigenvalue weighted by Gasteiger charge is -2.32. The zero-order valence-electron chi connectivity index (χ0n) is 14.7. The van der Waals surface area contributed by atoms with Crippen molar-refractivity contribution in [2.45, 2.75) is 51.6 Å². The van der Waals surface area contributed by atoms with Gasteiger partial charge in [0.25, 0.3) is 5.91 Å². The Morgan fingerprint density at radius 3 is 2.50 bits per heavy atom. The quantitative estimate of drug-likeness (QED) is 0.903. The molecule has 130 valence electrons. The highest BCUT2D eigenvalue weighted by Gasteiger charge is 2.30. The first-order valence-electron chi connectivity index (χ1n) is 8.59. The number of amides is 1. The molecule has 1 amide bonds. The van der Waals surface area contributed by atoms with E-state index in [-0.39, 0.29) is 5.91 Å². The van der Waals surface area contributed by atoms with E-state index in [1.165, 1.54) is 0 Å². The van der Waals surface area contributed by atoms with E-state index >= 15 is 0 Å². The summed E-state index contributed by atoms with van der Waals surface area (Å²) in [5.41, 5.74) is 1.86. The molecule has 2 N–H and O–H groups in total. The third kappa shape index (κ3) is 3.11. The molecule has 0 bridgehead atoms. The van der Waals surface area contributed by atoms with Crippen LogP contribution in [0.4, 0.5) is 0 Å². The number of hydrogen-bond acceptors (Lipinski definition) is 3. The maximum Gasteiger partial charge on any atom is 0.256 e. The van der Waals surface area contributed by atoms with E-state index in [1.54, 1.807) is 10.9 Å². The van der Waals surface area contributed by atoms with Crippen molar-refractivity contribution in [3.05, 3.63) is 35.3 Å². The number of aliphatic hydroxyl groups is 1. The van der Waals surface area contributed by atoms with Gasteiger partial charge >= 0.3 is 0 Å². The first kappa shape index (κ1) is 16.8. The number of aromatic nitrogens is 3. The summed E-state index contributed by atoms with van der Waals surface area (Å²) in [5, 5.41) is 17.7. The maximum absolute atomic E-state index is 12.7. The topological polar surface area (TPSA) is 72.1 Å². The molecule has 0 radical (unpaired) electrons. The predicted molar refractivity (Wildman–Crippen MR) is 92.4 cm³/mol. The van der Waals surface area contributed by atoms with Crippen molar-refractivity contribution >= 4 is 5.91 Å². The van der Waals surface area contributed by atoms with Crippen molar-refractivity contribution in [1.82, 2.24) is 19.7 Å². The number of aryl methyl sites for hydroxylation is 3. The average Bonchev–Trinajstić information content (AvgIpc) is 3.08. The minimum atomic E-state index is -0.768. The smallest absolute Gasteiger partial charge is 0.256 e. The van der Waals surface area contributed by atoms with Gasteiger partial charge in [-0.1, -0.05) is 19.3 Å². The predicted octanol–water partition coefficient (Wildman–Crippen LogP) is 2.25. The third-order valence-corrected chi connectivity index (χ3v) is 5.00. The van der Waals surface area contributed by atoms with Crippen molar-refractivity contribution in [3.63, 3.8) is 0 Å². The monoisotopic (exact) mass is 330 g/mol. The van der Waals surface area contributed by atoms with E-state index < -0.39 is 5.60 Å². The number of nitrogens with one attached hydrogen (secondary N) is 1. The maximum atomic E-state index is 12.7. The molecule has 0 aromatic carbocycles. The van der Waals surface area contributed by atoms with Crippen LogP contribution < -0.4 is 5.32 Å². The molecule has 1 fully saturated rings. The Morgan fingerprint density at radius 1 is 1.25 bits per heavy atom. The molecule has 2 aromatic rings. The summed E-state index contributed by atoms with van der Waals surface area (Å²) < 4.78 is 3.74. The molecule has 1 saturated carbocycles. The summed E-state index contributed by atoms with van der Waals surface area (Å²) in [6, 6.07) is 4.05. The Balaban J connectivity index is 1.81. The van der Waals surface area contributed by atoms with Gasteiger partial charge in [-0.3, -0.25) is 9.48 Å². The molecule has 2 aromatic heterocycles. The number of rotatable bonds is 4. The van der Waals surface area contributed by atoms with E-state index in [1.807, 2.05) is 37.6 Å². The van der Waals surface area contributed by atoms with Gasteiger partial charge in [-0.05, 0) is 38.8 Å². The minimum absolute atomic E-state index is 0.190. The van der Waals surface area contributed by atoms with Crippen LogP contribution in [0, 0.1) is 13.8 Å². The summed E-state index contributed by atoms with van der Waals surface area (Å²) in [6.07, 6.45) is 6.30. The molecule has 1 aliphatic carbocycles. The molecule has 0 unspecified atom stereocenters. The SMILES string of the molecule is Cc1ccc(C)n1-c1c(C(=O)NCC2(O)CCCCC2)cnn1C. The fourth-order valence-corrected chi connectivity index (χ4v) is 3.59. The van der Waals surface area contributed by atoms with E-state index in [4.69, 9.17) is 0 Å². The Hall–Kier alpha value is -2.08. The number of hydrogen-bond donors (Lipinski definition) is 2. The van der Waals surface area contributed by atoms with Gasteiger partial charge in [0.05, 0.1) is 11.8 Å². The molecule has 0 aliphatic heterocycles. The normalized spacial score (nSPS) is 17.0. The highest BCUT2D eigenvalue weighted by Crippen LogP contribution is 2.27. The molecule has 0 saturated heterocycles. The van der Waals surface area contributed by atoms with Gasteiger partial charge < -0.3 is 15.0 Å². The third-order valence-electron chi connectivity index (χ3n) is 5.00. The summed E-state index contributed by atoms with van der Waals surface area (Å²) in [5.74, 6) is 0.563. The zero-order chi connectivity index (χ0) is 17.3. The van der Waals surface area contributed by atoms with Crippen molar-refractivity contribution in [2.24, 2.45) is 7.05 Å². The van der Waals surface area contributed by atoms with Crippen LogP contribution in [0.1, 0.15) is 53.8 Å². The van der Waals surface area contributed by atoms with E-state index in [2.05, 4.69) is 10.4 Å². The second-order valence-corrected chi connectivity index (χ2v) is 6.92. The van der Waals surface area contributed by atoms with Crippen LogP contribution >= 0.6 is 0 Å². The van der Waals surface area contributed by atoms with E-state index in [0.717, 1.165) is 49.3 Å². The zero-order valence-corrected chi connectivity index (χ0v) is 14.7. The first-order chi connectivity index (χ1) is 11.4. The fraction of sp³-hybridized carbons (Fsp3) is 0.556. The van der Waals surface area contributed by atoms with Gasteiger partial charge in [0.1, 0.15) is 11.4 Å². The Labute approximate surface area is 142 Å². The summed E-state index contributed by atoms with van der Waals surface area (Å²) >= 11 is 0. The largest absolute Gasteiger partial charge is 0.388 e. The molecular formula is C18H26N4O2. The Bertz CT molecular complexity index is 719. The molecule has 2 heterocycles. The van der Waals surface area contributed by atoms with Crippen molar-refractivity contribution < 1.29 is 9.90 Å². The second-order valence-electron chi connectivity index (χ2n) is 6.92. The van der Waals surface area contributed by atoms with Gasteiger partial charge in [0, 0.05) is 25.0 Å². The van der Waals surface area contributed by atoms with Crippen molar-refractivity contribution in [1.29, 1.82) is 0 Å². The average molecular weight is 330 g/mol. The summed E-state index contributed by atoms with van der Waals surface area (Å²) in [7, 11) is 1.83. The van der Waals surface area contributed by atoms with E-state index in [0.29, 0.717) is 12.1 Å². The second kappa shape index (κ2) is 6.43. The summed E-state index contributed by atoms with van der Waals surface area (Å²) in [4.78, 5) is 12.7. The van der Waals surface area contributed by atoms with Gasteiger partial charge in [-0.2, -0.15) is 5.10 Å². The van der Waals surface area contributed by atoms with E-state index in [9.17, 15) is 9.90 Å². The molecule has 0 spiro atoms. The van der Waals surface area contributed by atoms with Crippen LogP contribution in [0.5, 0.6) is 0 Å². The lowest BCUT2D eigenvalue weighted by molar-refractivity contribution is 0.00525. The Kier molecular flexibility index (Phi) is 4.49. The molecule has 1 aliphatic rings. The summed E-state index contributed by atoms with van der Waals surface area (Å²) in [6.45, 7) is 4.31. The molecule has 6 nitrogen and oxygen atoms in total. The van der Waals surface area contributed by atoms with Crippen LogP contribution in [-0.2, 0) is 7.05 Å². The van der Waals surface area contributed by atoms with Gasteiger partial charge in [-0.25, -0.2) is 0 Å². The lowest BCUT2D eigenvalue weighted by Crippen LogP contribution is -2.44. The highest BCUT2D eigenvalue weighted by molar-refractivity contribution is 5.97.